The van der Waals surface area contributed by atoms with Gasteiger partial charge in [-0.15, -0.1) is 0 Å². The van der Waals surface area contributed by atoms with Gasteiger partial charge in [-0.25, -0.2) is 8.42 Å². The zero-order valence-electron chi connectivity index (χ0n) is 22.2. The van der Waals surface area contributed by atoms with Gasteiger partial charge in [0, 0.05) is 25.2 Å². The van der Waals surface area contributed by atoms with Gasteiger partial charge in [-0.3, -0.25) is 24.0 Å². The average molecular weight is 533 g/mol. The number of hydrogen-bond acceptors (Lipinski definition) is 6. The fourth-order valence-corrected chi connectivity index (χ4v) is 4.82. The summed E-state index contributed by atoms with van der Waals surface area (Å²) < 4.78 is 26.4. The molecule has 2 aromatic carbocycles. The molecule has 2 rings (SSSR count). The lowest BCUT2D eigenvalue weighted by molar-refractivity contribution is -0.384. The topological polar surface area (TPSA) is 130 Å². The van der Waals surface area contributed by atoms with Crippen LogP contribution in [0.5, 0.6) is 0 Å². The van der Waals surface area contributed by atoms with E-state index in [0.717, 1.165) is 27.8 Å². The highest BCUT2D eigenvalue weighted by atomic mass is 32.2. The van der Waals surface area contributed by atoms with Gasteiger partial charge < -0.3 is 10.2 Å². The lowest BCUT2D eigenvalue weighted by Crippen LogP contribution is -2.52. The van der Waals surface area contributed by atoms with Crippen molar-refractivity contribution in [3.63, 3.8) is 0 Å². The standard InChI is InChI=1S/C26H36N4O6S/c1-7-23(26(32)27-15-18(2)3)28(16-21-10-8-9-19(4)13-21)25(31)17-29(37(6,35)36)24-14-22(30(33)34)12-11-20(24)5/h8-14,18,23H,7,15-17H2,1-6H3,(H,27,32)/t23-/m1/s1. The summed E-state index contributed by atoms with van der Waals surface area (Å²) >= 11 is 0. The van der Waals surface area contributed by atoms with Gasteiger partial charge in [-0.05, 0) is 37.3 Å². The van der Waals surface area contributed by atoms with E-state index in [1.807, 2.05) is 45.0 Å². The molecule has 2 amide bonds. The minimum absolute atomic E-state index is 0.0397. The third-order valence-electron chi connectivity index (χ3n) is 5.86. The van der Waals surface area contributed by atoms with Gasteiger partial charge in [0.2, 0.25) is 21.8 Å². The van der Waals surface area contributed by atoms with E-state index in [0.29, 0.717) is 18.5 Å². The number of rotatable bonds is 12. The molecule has 0 bridgehead atoms. The number of nitrogens with one attached hydrogen (secondary N) is 1. The predicted octanol–water partition coefficient (Wildman–Crippen LogP) is 3.56. The van der Waals surface area contributed by atoms with E-state index in [1.54, 1.807) is 13.8 Å². The Bertz CT molecular complexity index is 1250. The maximum absolute atomic E-state index is 13.7. The zero-order chi connectivity index (χ0) is 27.9. The second-order valence-corrected chi connectivity index (χ2v) is 11.5. The molecule has 0 spiro atoms. The molecule has 11 heteroatoms. The number of sulfonamides is 1. The highest BCUT2D eigenvalue weighted by Crippen LogP contribution is 2.28. The van der Waals surface area contributed by atoms with Crippen LogP contribution in [-0.4, -0.2) is 55.4 Å². The number of aryl methyl sites for hydroxylation is 2. The Balaban J connectivity index is 2.51. The lowest BCUT2D eigenvalue weighted by Gasteiger charge is -2.33. The molecule has 0 saturated heterocycles. The number of anilines is 1. The molecular formula is C26H36N4O6S. The number of carbonyl (C=O) groups excluding carboxylic acids is 2. The number of nitro benzene ring substituents is 1. The Kier molecular flexibility index (Phi) is 10.2. The van der Waals surface area contributed by atoms with Crippen molar-refractivity contribution < 1.29 is 22.9 Å². The van der Waals surface area contributed by atoms with Crippen LogP contribution < -0.4 is 9.62 Å². The normalized spacial score (nSPS) is 12.2. The zero-order valence-corrected chi connectivity index (χ0v) is 23.0. The van der Waals surface area contributed by atoms with E-state index >= 15 is 0 Å². The third-order valence-corrected chi connectivity index (χ3v) is 6.98. The summed E-state index contributed by atoms with van der Waals surface area (Å²) in [5.41, 5.74) is 1.97. The molecule has 10 nitrogen and oxygen atoms in total. The molecule has 0 radical (unpaired) electrons. The Hall–Kier alpha value is -3.47. The van der Waals surface area contributed by atoms with Gasteiger partial charge in [0.05, 0.1) is 16.9 Å². The van der Waals surface area contributed by atoms with Crippen LogP contribution in [0, 0.1) is 29.9 Å². The number of nitrogens with zero attached hydrogens (tertiary/aromatic N) is 3. The molecule has 0 saturated carbocycles. The van der Waals surface area contributed by atoms with Crippen LogP contribution in [-0.2, 0) is 26.2 Å². The first-order valence-electron chi connectivity index (χ1n) is 12.1. The summed E-state index contributed by atoms with van der Waals surface area (Å²) in [6.07, 6.45) is 1.26. The van der Waals surface area contributed by atoms with E-state index in [-0.39, 0.29) is 29.7 Å². The number of amides is 2. The number of nitro groups is 1. The van der Waals surface area contributed by atoms with Crippen LogP contribution in [0.15, 0.2) is 42.5 Å². The van der Waals surface area contributed by atoms with E-state index in [2.05, 4.69) is 5.32 Å². The minimum Gasteiger partial charge on any atom is -0.354 e. The summed E-state index contributed by atoms with van der Waals surface area (Å²) in [5, 5.41) is 14.2. The van der Waals surface area contributed by atoms with Gasteiger partial charge in [-0.2, -0.15) is 0 Å². The van der Waals surface area contributed by atoms with Crippen LogP contribution in [0.3, 0.4) is 0 Å². The smallest absolute Gasteiger partial charge is 0.271 e. The maximum Gasteiger partial charge on any atom is 0.271 e. The van der Waals surface area contributed by atoms with Crippen molar-refractivity contribution in [1.29, 1.82) is 0 Å². The number of hydrogen-bond donors (Lipinski definition) is 1. The highest BCUT2D eigenvalue weighted by Gasteiger charge is 2.32. The van der Waals surface area contributed by atoms with Crippen molar-refractivity contribution in [2.75, 3.05) is 23.7 Å². The van der Waals surface area contributed by atoms with Crippen molar-refractivity contribution in [2.45, 2.75) is 53.6 Å². The fourth-order valence-electron chi connectivity index (χ4n) is 3.92. The lowest BCUT2D eigenvalue weighted by atomic mass is 10.1. The summed E-state index contributed by atoms with van der Waals surface area (Å²) in [6.45, 7) is 9.16. The van der Waals surface area contributed by atoms with Crippen LogP contribution in [0.25, 0.3) is 0 Å². The van der Waals surface area contributed by atoms with Gasteiger partial charge in [0.1, 0.15) is 12.6 Å². The summed E-state index contributed by atoms with van der Waals surface area (Å²) in [6, 6.07) is 10.5. The van der Waals surface area contributed by atoms with Crippen molar-refractivity contribution in [2.24, 2.45) is 5.92 Å². The van der Waals surface area contributed by atoms with Gasteiger partial charge in [-0.1, -0.05) is 56.7 Å². The SMILES string of the molecule is CC[C@H](C(=O)NCC(C)C)N(Cc1cccc(C)c1)C(=O)CN(c1cc([N+](=O)[O-])ccc1C)S(C)(=O)=O. The van der Waals surface area contributed by atoms with Crippen molar-refractivity contribution in [3.8, 4) is 0 Å². The number of non-ortho nitro benzene ring substituents is 1. The van der Waals surface area contributed by atoms with Gasteiger partial charge in [0.25, 0.3) is 5.69 Å². The summed E-state index contributed by atoms with van der Waals surface area (Å²) in [5.74, 6) is -0.709. The summed E-state index contributed by atoms with van der Waals surface area (Å²) in [4.78, 5) is 38.9. The number of benzene rings is 2. The van der Waals surface area contributed by atoms with Crippen LogP contribution >= 0.6 is 0 Å². The Morgan fingerprint density at radius 1 is 1.11 bits per heavy atom. The Labute approximate surface area is 218 Å². The molecule has 1 atom stereocenters. The molecule has 0 aliphatic carbocycles. The molecule has 37 heavy (non-hydrogen) atoms. The molecule has 0 heterocycles. The first-order valence-corrected chi connectivity index (χ1v) is 13.9. The van der Waals surface area contributed by atoms with Crippen LogP contribution in [0.4, 0.5) is 11.4 Å². The van der Waals surface area contributed by atoms with E-state index in [1.165, 1.54) is 17.0 Å². The van der Waals surface area contributed by atoms with Crippen LogP contribution in [0.2, 0.25) is 0 Å². The molecular weight excluding hydrogens is 496 g/mol. The predicted molar refractivity (Wildman–Crippen MR) is 144 cm³/mol. The van der Waals surface area contributed by atoms with Crippen molar-refractivity contribution in [1.82, 2.24) is 10.2 Å². The van der Waals surface area contributed by atoms with Gasteiger partial charge in [0.15, 0.2) is 0 Å². The molecule has 0 fully saturated rings. The van der Waals surface area contributed by atoms with Crippen LogP contribution in [0.1, 0.15) is 43.9 Å². The van der Waals surface area contributed by atoms with E-state index < -0.39 is 33.4 Å². The first-order chi connectivity index (χ1) is 17.2. The third kappa shape index (κ3) is 8.28. The fraction of sp³-hybridized carbons (Fsp3) is 0.462. The highest BCUT2D eigenvalue weighted by molar-refractivity contribution is 7.92. The monoisotopic (exact) mass is 532 g/mol. The quantitative estimate of drug-likeness (QED) is 0.329. The largest absolute Gasteiger partial charge is 0.354 e. The van der Waals surface area contributed by atoms with Crippen molar-refractivity contribution in [3.05, 3.63) is 69.3 Å². The molecule has 202 valence electrons. The second kappa shape index (κ2) is 12.7. The molecule has 2 aromatic rings. The van der Waals surface area contributed by atoms with E-state index in [4.69, 9.17) is 0 Å². The van der Waals surface area contributed by atoms with Crippen molar-refractivity contribution >= 4 is 33.2 Å². The maximum atomic E-state index is 13.7. The molecule has 1 N–H and O–H groups in total. The van der Waals surface area contributed by atoms with Gasteiger partial charge >= 0.3 is 0 Å². The Morgan fingerprint density at radius 3 is 2.32 bits per heavy atom. The molecule has 0 aliphatic heterocycles. The van der Waals surface area contributed by atoms with E-state index in [9.17, 15) is 28.1 Å². The molecule has 0 aliphatic rings. The molecule has 0 aromatic heterocycles. The summed E-state index contributed by atoms with van der Waals surface area (Å²) in [7, 11) is -4.00. The minimum atomic E-state index is -4.00. The second-order valence-electron chi connectivity index (χ2n) is 9.57. The average Bonchev–Trinajstić information content (AvgIpc) is 2.80. The number of carbonyl (C=O) groups is 2. The first kappa shape index (κ1) is 29.8. The molecule has 0 unspecified atom stereocenters. The Morgan fingerprint density at radius 2 is 1.78 bits per heavy atom.